The molecule has 1 nitrogen and oxygen atoms in total. The molecule has 1 unspecified atom stereocenters. The van der Waals surface area contributed by atoms with Gasteiger partial charge in [-0.3, -0.25) is 0 Å². The molecule has 0 aliphatic rings. The molecule has 0 amide bonds. The lowest BCUT2D eigenvalue weighted by molar-refractivity contribution is 0.142. The van der Waals surface area contributed by atoms with Crippen molar-refractivity contribution in [3.8, 4) is 12.3 Å². The van der Waals surface area contributed by atoms with Gasteiger partial charge in [-0.05, 0) is 19.4 Å². The number of rotatable bonds is 4. The number of terminal acetylenes is 1. The summed E-state index contributed by atoms with van der Waals surface area (Å²) < 4.78 is 0. The lowest BCUT2D eigenvalue weighted by Gasteiger charge is -2.28. The minimum atomic E-state index is -1.47. The Hall–Kier alpha value is -2.04. The van der Waals surface area contributed by atoms with Crippen LogP contribution in [0.15, 0.2) is 60.7 Å². The first-order chi connectivity index (χ1) is 8.47. The van der Waals surface area contributed by atoms with Gasteiger partial charge in [0.2, 0.25) is 0 Å². The van der Waals surface area contributed by atoms with Crippen molar-refractivity contribution >= 4 is 0 Å². The van der Waals surface area contributed by atoms with Gasteiger partial charge >= 0.3 is 0 Å². The lowest BCUT2D eigenvalue weighted by atomic mass is 9.81. The zero-order chi connectivity index (χ0) is 13.8. The highest BCUT2D eigenvalue weighted by molar-refractivity contribution is 5.52. The second-order valence-corrected chi connectivity index (χ2v) is 4.27. The van der Waals surface area contributed by atoms with Crippen LogP contribution < -0.4 is 0 Å². The summed E-state index contributed by atoms with van der Waals surface area (Å²) in [4.78, 5) is 0. The highest BCUT2D eigenvalue weighted by Crippen LogP contribution is 2.34. The largest absolute Gasteiger partial charge is 0.369 e. The molecule has 18 heavy (non-hydrogen) atoms. The first-order valence-electron chi connectivity index (χ1n) is 5.72. The molecule has 0 fully saturated rings. The Kier molecular flexibility index (Phi) is 4.31. The minimum Gasteiger partial charge on any atom is -0.369 e. The van der Waals surface area contributed by atoms with Crippen LogP contribution >= 0.6 is 0 Å². The second-order valence-electron chi connectivity index (χ2n) is 4.27. The maximum absolute atomic E-state index is 10.8. The maximum atomic E-state index is 10.8. The maximum Gasteiger partial charge on any atom is 0.177 e. The van der Waals surface area contributed by atoms with E-state index in [1.165, 1.54) is 0 Å². The smallest absolute Gasteiger partial charge is 0.177 e. The van der Waals surface area contributed by atoms with E-state index in [-0.39, 0.29) is 0 Å². The van der Waals surface area contributed by atoms with E-state index in [4.69, 9.17) is 6.42 Å². The van der Waals surface area contributed by atoms with Crippen LogP contribution in [-0.2, 0) is 5.60 Å². The van der Waals surface area contributed by atoms with Crippen LogP contribution in [0, 0.1) is 19.3 Å². The Labute approximate surface area is 109 Å². The average Bonchev–Trinajstić information content (AvgIpc) is 2.35. The first kappa shape index (κ1) is 14.0. The van der Waals surface area contributed by atoms with Crippen LogP contribution in [0.3, 0.4) is 0 Å². The fraction of sp³-hybridized carbons (Fsp3) is 0.176. The molecule has 1 heteroatoms. The molecule has 1 N–H and O–H groups in total. The number of hydrogen-bond donors (Lipinski definition) is 1. The average molecular weight is 238 g/mol. The van der Waals surface area contributed by atoms with Crippen molar-refractivity contribution in [3.63, 3.8) is 0 Å². The standard InChI is InChI=1S/C17H18O/c1-6-10-15(13(3)4)17(18,7-2)16-12-9-8-11-14(16)5/h2,6,8-12,18H,1,3H2,4-5H3/b15-10+. The fourth-order valence-corrected chi connectivity index (χ4v) is 1.97. The molecule has 0 heterocycles. The van der Waals surface area contributed by atoms with Gasteiger partial charge in [-0.1, -0.05) is 61.1 Å². The van der Waals surface area contributed by atoms with Crippen LogP contribution in [0.5, 0.6) is 0 Å². The molecule has 1 aromatic rings. The van der Waals surface area contributed by atoms with Crippen molar-refractivity contribution in [1.29, 1.82) is 0 Å². The van der Waals surface area contributed by atoms with Crippen molar-refractivity contribution in [2.24, 2.45) is 0 Å². The lowest BCUT2D eigenvalue weighted by Crippen LogP contribution is -2.28. The van der Waals surface area contributed by atoms with Crippen LogP contribution in [0.4, 0.5) is 0 Å². The fourth-order valence-electron chi connectivity index (χ4n) is 1.97. The first-order valence-corrected chi connectivity index (χ1v) is 5.72. The molecule has 0 aliphatic heterocycles. The van der Waals surface area contributed by atoms with Crippen LogP contribution in [0.1, 0.15) is 18.1 Å². The molecule has 0 saturated heterocycles. The zero-order valence-corrected chi connectivity index (χ0v) is 10.9. The molecule has 1 atom stereocenters. The van der Waals surface area contributed by atoms with Crippen molar-refractivity contribution < 1.29 is 5.11 Å². The molecule has 1 aromatic carbocycles. The van der Waals surface area contributed by atoms with E-state index >= 15 is 0 Å². The van der Waals surface area contributed by atoms with Crippen molar-refractivity contribution in [2.75, 3.05) is 0 Å². The van der Waals surface area contributed by atoms with E-state index in [0.717, 1.165) is 11.1 Å². The Morgan fingerprint density at radius 3 is 2.50 bits per heavy atom. The molecule has 0 bridgehead atoms. The third-order valence-electron chi connectivity index (χ3n) is 2.88. The van der Waals surface area contributed by atoms with Crippen LogP contribution in [0.25, 0.3) is 0 Å². The molecule has 0 aliphatic carbocycles. The number of allylic oxidation sites excluding steroid dienone is 2. The highest BCUT2D eigenvalue weighted by Gasteiger charge is 2.32. The van der Waals surface area contributed by atoms with Crippen LogP contribution in [0.2, 0.25) is 0 Å². The van der Waals surface area contributed by atoms with Gasteiger partial charge in [0.25, 0.3) is 0 Å². The highest BCUT2D eigenvalue weighted by atomic mass is 16.3. The van der Waals surface area contributed by atoms with Gasteiger partial charge in [0, 0.05) is 11.1 Å². The second kappa shape index (κ2) is 5.53. The SMILES string of the molecule is C#CC(O)(/C(=C/C=C)C(=C)C)c1ccccc1C. The van der Waals surface area contributed by atoms with Gasteiger partial charge in [0.05, 0.1) is 0 Å². The minimum absolute atomic E-state index is 0.592. The van der Waals surface area contributed by atoms with E-state index in [1.807, 2.05) is 38.1 Å². The van der Waals surface area contributed by atoms with Gasteiger partial charge in [-0.15, -0.1) is 6.42 Å². The Morgan fingerprint density at radius 2 is 2.06 bits per heavy atom. The van der Waals surface area contributed by atoms with Crippen molar-refractivity contribution in [2.45, 2.75) is 19.4 Å². The summed E-state index contributed by atoms with van der Waals surface area (Å²) in [7, 11) is 0. The summed E-state index contributed by atoms with van der Waals surface area (Å²) >= 11 is 0. The quantitative estimate of drug-likeness (QED) is 0.628. The van der Waals surface area contributed by atoms with Gasteiger partial charge in [0.1, 0.15) is 0 Å². The summed E-state index contributed by atoms with van der Waals surface area (Å²) in [6, 6.07) is 7.51. The van der Waals surface area contributed by atoms with Crippen molar-refractivity contribution in [1.82, 2.24) is 0 Å². The number of aliphatic hydroxyl groups is 1. The van der Waals surface area contributed by atoms with Gasteiger partial charge in [-0.2, -0.15) is 0 Å². The molecule has 92 valence electrons. The molecule has 0 spiro atoms. The normalized spacial score (nSPS) is 14.4. The summed E-state index contributed by atoms with van der Waals surface area (Å²) in [5.74, 6) is 2.48. The topological polar surface area (TPSA) is 20.2 Å². The molecular formula is C17H18O. The van der Waals surface area contributed by atoms with Gasteiger partial charge < -0.3 is 5.11 Å². The van der Waals surface area contributed by atoms with E-state index in [0.29, 0.717) is 11.1 Å². The van der Waals surface area contributed by atoms with E-state index in [9.17, 15) is 5.11 Å². The molecule has 0 radical (unpaired) electrons. The predicted molar refractivity (Wildman–Crippen MR) is 77.0 cm³/mol. The Morgan fingerprint density at radius 1 is 1.44 bits per heavy atom. The summed E-state index contributed by atoms with van der Waals surface area (Å²) in [5.41, 5.74) is 1.48. The molecular weight excluding hydrogens is 220 g/mol. The predicted octanol–water partition coefficient (Wildman–Crippen LogP) is 3.50. The number of benzene rings is 1. The van der Waals surface area contributed by atoms with Crippen LogP contribution in [-0.4, -0.2) is 5.11 Å². The Bertz CT molecular complexity index is 543. The van der Waals surface area contributed by atoms with E-state index in [2.05, 4.69) is 19.1 Å². The monoisotopic (exact) mass is 238 g/mol. The van der Waals surface area contributed by atoms with Crippen molar-refractivity contribution in [3.05, 3.63) is 71.8 Å². The van der Waals surface area contributed by atoms with Gasteiger partial charge in [0.15, 0.2) is 5.60 Å². The summed E-state index contributed by atoms with van der Waals surface area (Å²) in [6.45, 7) is 11.3. The van der Waals surface area contributed by atoms with E-state index in [1.54, 1.807) is 12.2 Å². The summed E-state index contributed by atoms with van der Waals surface area (Å²) in [6.07, 6.45) is 8.87. The molecule has 1 rings (SSSR count). The zero-order valence-electron chi connectivity index (χ0n) is 10.9. The third-order valence-corrected chi connectivity index (χ3v) is 2.88. The third kappa shape index (κ3) is 2.45. The number of hydrogen-bond acceptors (Lipinski definition) is 1. The molecule has 0 aromatic heterocycles. The summed E-state index contributed by atoms with van der Waals surface area (Å²) in [5, 5.41) is 10.8. The van der Waals surface area contributed by atoms with Gasteiger partial charge in [-0.25, -0.2) is 0 Å². The molecule has 0 saturated carbocycles. The Balaban J connectivity index is 3.52. The number of aryl methyl sites for hydroxylation is 1. The van der Waals surface area contributed by atoms with E-state index < -0.39 is 5.60 Å².